The molecule has 8 nitrogen and oxygen atoms in total. The number of para-hydroxylation sites is 1. The molecule has 43 heavy (non-hydrogen) atoms. The lowest BCUT2D eigenvalue weighted by molar-refractivity contribution is -0.137. The zero-order valence-electron chi connectivity index (χ0n) is 25.1. The van der Waals surface area contributed by atoms with Gasteiger partial charge in [-0.25, -0.2) is 9.18 Å². The molecule has 1 aliphatic rings. The van der Waals surface area contributed by atoms with Gasteiger partial charge in [-0.2, -0.15) is 0 Å². The highest BCUT2D eigenvalue weighted by molar-refractivity contribution is 6.30. The van der Waals surface area contributed by atoms with Crippen molar-refractivity contribution >= 4 is 35.2 Å². The molecule has 0 N–H and O–H groups in total. The summed E-state index contributed by atoms with van der Waals surface area (Å²) < 4.78 is 25.5. The third-order valence-electron chi connectivity index (χ3n) is 7.03. The zero-order chi connectivity index (χ0) is 31.3. The number of nitrogens with zero attached hydrogens (tertiary/aromatic N) is 3. The van der Waals surface area contributed by atoms with E-state index in [9.17, 15) is 18.8 Å². The second-order valence-electron chi connectivity index (χ2n) is 11.5. The molecule has 0 saturated carbocycles. The number of aryl methyl sites for hydroxylation is 1. The van der Waals surface area contributed by atoms with E-state index in [-0.39, 0.29) is 37.5 Å². The minimum Gasteiger partial charge on any atom is -0.457 e. The van der Waals surface area contributed by atoms with Crippen LogP contribution in [0.15, 0.2) is 72.8 Å². The van der Waals surface area contributed by atoms with Crippen molar-refractivity contribution in [2.24, 2.45) is 0 Å². The van der Waals surface area contributed by atoms with Gasteiger partial charge in [0.25, 0.3) is 5.91 Å². The number of rotatable bonds is 7. The van der Waals surface area contributed by atoms with Gasteiger partial charge in [-0.05, 0) is 88.2 Å². The number of carbonyl (C=O) groups is 3. The topological polar surface area (TPSA) is 79.4 Å². The smallest absolute Gasteiger partial charge is 0.410 e. The number of alkyl halides is 1. The molecule has 228 valence electrons. The third kappa shape index (κ3) is 7.84. The highest BCUT2D eigenvalue weighted by atomic mass is 35.5. The molecule has 0 aromatic heterocycles. The first kappa shape index (κ1) is 31.8. The summed E-state index contributed by atoms with van der Waals surface area (Å²) in [7, 11) is 0. The minimum atomic E-state index is -1.13. The summed E-state index contributed by atoms with van der Waals surface area (Å²) in [6, 6.07) is 18.5. The number of piperazine rings is 1. The average molecular weight is 610 g/mol. The van der Waals surface area contributed by atoms with Gasteiger partial charge in [0.2, 0.25) is 5.91 Å². The van der Waals surface area contributed by atoms with Crippen LogP contribution in [0.2, 0.25) is 0 Å². The van der Waals surface area contributed by atoms with Gasteiger partial charge in [-0.3, -0.25) is 14.5 Å². The van der Waals surface area contributed by atoms with E-state index < -0.39 is 29.5 Å². The quantitative estimate of drug-likeness (QED) is 0.278. The molecule has 10 heteroatoms. The van der Waals surface area contributed by atoms with E-state index in [4.69, 9.17) is 21.1 Å². The first-order valence-corrected chi connectivity index (χ1v) is 14.7. The largest absolute Gasteiger partial charge is 0.457 e. The van der Waals surface area contributed by atoms with Gasteiger partial charge in [-0.1, -0.05) is 30.3 Å². The molecule has 1 heterocycles. The van der Waals surface area contributed by atoms with E-state index in [2.05, 4.69) is 0 Å². The van der Waals surface area contributed by atoms with Crippen LogP contribution in [-0.4, -0.2) is 64.9 Å². The molecule has 4 rings (SSSR count). The number of carbonyl (C=O) groups excluding carboxylic acids is 3. The van der Waals surface area contributed by atoms with Crippen molar-refractivity contribution in [2.45, 2.75) is 52.3 Å². The van der Waals surface area contributed by atoms with Gasteiger partial charge >= 0.3 is 6.09 Å². The van der Waals surface area contributed by atoms with Crippen molar-refractivity contribution in [3.63, 3.8) is 0 Å². The number of anilines is 1. The molecule has 3 aromatic carbocycles. The van der Waals surface area contributed by atoms with Crippen LogP contribution in [0.4, 0.5) is 14.9 Å². The van der Waals surface area contributed by atoms with E-state index in [1.807, 2.05) is 44.2 Å². The van der Waals surface area contributed by atoms with Gasteiger partial charge in [-0.15, -0.1) is 11.6 Å². The molecule has 1 unspecified atom stereocenters. The van der Waals surface area contributed by atoms with Crippen molar-refractivity contribution in [1.82, 2.24) is 9.80 Å². The maximum atomic E-state index is 14.3. The van der Waals surface area contributed by atoms with Crippen molar-refractivity contribution in [3.05, 3.63) is 89.7 Å². The fourth-order valence-corrected chi connectivity index (χ4v) is 5.17. The Balaban J connectivity index is 1.68. The van der Waals surface area contributed by atoms with Crippen LogP contribution in [0.5, 0.6) is 11.5 Å². The number of ether oxygens (including phenoxy) is 2. The van der Waals surface area contributed by atoms with Gasteiger partial charge in [0.05, 0.1) is 0 Å². The van der Waals surface area contributed by atoms with Gasteiger partial charge in [0, 0.05) is 31.4 Å². The van der Waals surface area contributed by atoms with Crippen LogP contribution in [-0.2, 0) is 14.3 Å². The normalized spacial score (nSPS) is 15.9. The Morgan fingerprint density at radius 2 is 1.67 bits per heavy atom. The molecule has 3 amide bonds. The molecule has 0 radical (unpaired) electrons. The summed E-state index contributed by atoms with van der Waals surface area (Å²) >= 11 is 6.11. The number of hydrogen-bond donors (Lipinski definition) is 0. The molecular formula is C33H37ClFN3O5. The Labute approximate surface area is 256 Å². The van der Waals surface area contributed by atoms with Gasteiger partial charge < -0.3 is 19.3 Å². The summed E-state index contributed by atoms with van der Waals surface area (Å²) in [6.07, 6.45) is -0.449. The Morgan fingerprint density at radius 1 is 1.00 bits per heavy atom. The lowest BCUT2D eigenvalue weighted by Gasteiger charge is -2.42. The van der Waals surface area contributed by atoms with Crippen LogP contribution in [0, 0.1) is 12.7 Å². The Bertz CT molecular complexity index is 1450. The third-order valence-corrected chi connectivity index (χ3v) is 7.26. The van der Waals surface area contributed by atoms with E-state index in [1.165, 1.54) is 29.2 Å². The van der Waals surface area contributed by atoms with Crippen LogP contribution < -0.4 is 9.64 Å². The summed E-state index contributed by atoms with van der Waals surface area (Å²) in [6.45, 7) is 9.76. The first-order valence-electron chi connectivity index (χ1n) is 14.1. The maximum Gasteiger partial charge on any atom is 0.410 e. The van der Waals surface area contributed by atoms with Crippen LogP contribution in [0.1, 0.15) is 44.9 Å². The maximum absolute atomic E-state index is 14.3. The van der Waals surface area contributed by atoms with E-state index in [1.54, 1.807) is 48.8 Å². The van der Waals surface area contributed by atoms with E-state index >= 15 is 0 Å². The lowest BCUT2D eigenvalue weighted by Crippen LogP contribution is -2.58. The monoisotopic (exact) mass is 609 g/mol. The summed E-state index contributed by atoms with van der Waals surface area (Å²) in [4.78, 5) is 45.2. The minimum absolute atomic E-state index is 0.224. The average Bonchev–Trinajstić information content (AvgIpc) is 2.96. The van der Waals surface area contributed by atoms with Crippen LogP contribution in [0.25, 0.3) is 0 Å². The predicted octanol–water partition coefficient (Wildman–Crippen LogP) is 6.71. The zero-order valence-corrected chi connectivity index (χ0v) is 25.8. The van der Waals surface area contributed by atoms with Gasteiger partial charge in [0.1, 0.15) is 34.8 Å². The summed E-state index contributed by atoms with van der Waals surface area (Å²) in [5, 5.41) is 0. The van der Waals surface area contributed by atoms with Crippen molar-refractivity contribution in [1.29, 1.82) is 0 Å². The fraction of sp³-hybridized carbons (Fsp3) is 0.364. The summed E-state index contributed by atoms with van der Waals surface area (Å²) in [5.74, 6) is -0.502. The van der Waals surface area contributed by atoms with Gasteiger partial charge in [0.15, 0.2) is 0 Å². The number of halogens is 2. The number of hydrogen-bond acceptors (Lipinski definition) is 5. The molecule has 3 aromatic rings. The lowest BCUT2D eigenvalue weighted by atomic mass is 10.00. The second kappa shape index (κ2) is 13.5. The summed E-state index contributed by atoms with van der Waals surface area (Å²) in [5.41, 5.74) is 0.916. The Hall–Kier alpha value is -4.11. The standard InChI is InChI=1S/C33H37ClFN3O5/c1-22-19-27(42-26-9-7-6-8-10-26)15-16-28(22)38(29(39)20-34)30(24-11-13-25(35)14-12-24)31(40)36-17-18-37(23(2)21-36)32(41)43-33(3,4)5/h6-16,19,23,30H,17-18,20-21H2,1-5H3/t23-,30?/m1/s1. The van der Waals surface area contributed by atoms with E-state index in [0.29, 0.717) is 28.3 Å². The molecular weight excluding hydrogens is 573 g/mol. The molecule has 1 fully saturated rings. The van der Waals surface area contributed by atoms with Crippen molar-refractivity contribution in [2.75, 3.05) is 30.4 Å². The number of benzene rings is 3. The molecule has 0 aliphatic carbocycles. The van der Waals surface area contributed by atoms with Crippen LogP contribution in [0.3, 0.4) is 0 Å². The molecule has 0 spiro atoms. The fourth-order valence-electron chi connectivity index (χ4n) is 5.04. The molecule has 1 aliphatic heterocycles. The first-order chi connectivity index (χ1) is 20.4. The predicted molar refractivity (Wildman–Crippen MR) is 164 cm³/mol. The van der Waals surface area contributed by atoms with Crippen molar-refractivity contribution in [3.8, 4) is 11.5 Å². The molecule has 1 saturated heterocycles. The Kier molecular flexibility index (Phi) is 9.96. The SMILES string of the molecule is Cc1cc(Oc2ccccc2)ccc1N(C(=O)CCl)C(C(=O)N1CCN(C(=O)OC(C)(C)C)[C@H](C)C1)c1ccc(F)cc1. The number of amides is 3. The second-order valence-corrected chi connectivity index (χ2v) is 11.8. The highest BCUT2D eigenvalue weighted by Crippen LogP contribution is 2.35. The molecule has 2 atom stereocenters. The van der Waals surface area contributed by atoms with E-state index in [0.717, 1.165) is 0 Å². The van der Waals surface area contributed by atoms with Crippen LogP contribution >= 0.6 is 11.6 Å². The molecule has 0 bridgehead atoms. The van der Waals surface area contributed by atoms with Crippen molar-refractivity contribution < 1.29 is 28.2 Å². The Morgan fingerprint density at radius 3 is 2.26 bits per heavy atom. The highest BCUT2D eigenvalue weighted by Gasteiger charge is 2.39.